The lowest BCUT2D eigenvalue weighted by Gasteiger charge is -2.23. The van der Waals surface area contributed by atoms with Gasteiger partial charge in [-0.2, -0.15) is 0 Å². The second-order valence-electron chi connectivity index (χ2n) is 5.25. The van der Waals surface area contributed by atoms with E-state index in [1.165, 1.54) is 12.8 Å². The highest BCUT2D eigenvalue weighted by Gasteiger charge is 2.14. The van der Waals surface area contributed by atoms with Gasteiger partial charge in [-0.1, -0.05) is 12.1 Å². The number of anilines is 2. The monoisotopic (exact) mass is 271 g/mol. The Kier molecular flexibility index (Phi) is 3.97. The number of hydrogen-bond acceptors (Lipinski definition) is 5. The maximum Gasteiger partial charge on any atom is 0.169 e. The maximum absolute atomic E-state index is 4.67. The second kappa shape index (κ2) is 6.05. The number of benzene rings is 1. The first kappa shape index (κ1) is 13.1. The second-order valence-corrected chi connectivity index (χ2v) is 5.25. The highest BCUT2D eigenvalue weighted by molar-refractivity contribution is 5.80. The van der Waals surface area contributed by atoms with E-state index in [1.54, 1.807) is 0 Å². The van der Waals surface area contributed by atoms with Gasteiger partial charge in [0.2, 0.25) is 0 Å². The first-order valence-electron chi connectivity index (χ1n) is 7.26. The molecule has 1 aliphatic heterocycles. The van der Waals surface area contributed by atoms with Gasteiger partial charge in [0.1, 0.15) is 0 Å². The van der Waals surface area contributed by atoms with Gasteiger partial charge in [-0.25, -0.2) is 9.97 Å². The molecular formula is C15H21N5. The van der Waals surface area contributed by atoms with Crippen molar-refractivity contribution in [1.82, 2.24) is 15.3 Å². The SMILES string of the molecule is CNc1nc2ccccc2nc1NC[C@@H]1CCCNC1. The molecule has 0 spiro atoms. The van der Waals surface area contributed by atoms with E-state index in [2.05, 4.69) is 25.9 Å². The van der Waals surface area contributed by atoms with E-state index in [9.17, 15) is 0 Å². The first-order chi connectivity index (χ1) is 9.86. The summed E-state index contributed by atoms with van der Waals surface area (Å²) in [6.07, 6.45) is 2.53. The Balaban J connectivity index is 1.78. The molecule has 5 nitrogen and oxygen atoms in total. The molecule has 0 saturated carbocycles. The van der Waals surface area contributed by atoms with Crippen LogP contribution in [0.3, 0.4) is 0 Å². The quantitative estimate of drug-likeness (QED) is 0.795. The van der Waals surface area contributed by atoms with Crippen LogP contribution in [0.25, 0.3) is 11.0 Å². The fourth-order valence-electron chi connectivity index (χ4n) is 2.64. The summed E-state index contributed by atoms with van der Waals surface area (Å²) in [6, 6.07) is 7.95. The van der Waals surface area contributed by atoms with Gasteiger partial charge in [0, 0.05) is 13.6 Å². The molecule has 0 radical (unpaired) electrons. The largest absolute Gasteiger partial charge is 0.370 e. The predicted molar refractivity (Wildman–Crippen MR) is 83.2 cm³/mol. The van der Waals surface area contributed by atoms with Gasteiger partial charge in [0.15, 0.2) is 11.6 Å². The lowest BCUT2D eigenvalue weighted by molar-refractivity contribution is 0.392. The lowest BCUT2D eigenvalue weighted by atomic mass is 10.00. The average Bonchev–Trinajstić information content (AvgIpc) is 2.53. The minimum atomic E-state index is 0.668. The zero-order valence-electron chi connectivity index (χ0n) is 11.8. The van der Waals surface area contributed by atoms with Gasteiger partial charge in [-0.05, 0) is 44.0 Å². The highest BCUT2D eigenvalue weighted by atomic mass is 15.1. The molecule has 1 aromatic carbocycles. The van der Waals surface area contributed by atoms with Crippen LogP contribution in [0, 0.1) is 5.92 Å². The third kappa shape index (κ3) is 2.82. The smallest absolute Gasteiger partial charge is 0.169 e. The summed E-state index contributed by atoms with van der Waals surface area (Å²) < 4.78 is 0. The van der Waals surface area contributed by atoms with Crippen molar-refractivity contribution in [3.05, 3.63) is 24.3 Å². The Morgan fingerprint density at radius 1 is 1.20 bits per heavy atom. The molecule has 5 heteroatoms. The van der Waals surface area contributed by atoms with Crippen molar-refractivity contribution in [2.75, 3.05) is 37.3 Å². The number of nitrogens with zero attached hydrogens (tertiary/aromatic N) is 2. The Morgan fingerprint density at radius 2 is 1.95 bits per heavy atom. The fourth-order valence-corrected chi connectivity index (χ4v) is 2.64. The molecule has 1 aromatic heterocycles. The third-order valence-corrected chi connectivity index (χ3v) is 3.76. The average molecular weight is 271 g/mol. The number of nitrogens with one attached hydrogen (secondary N) is 3. The molecule has 0 unspecified atom stereocenters. The molecule has 2 heterocycles. The first-order valence-corrected chi connectivity index (χ1v) is 7.26. The van der Waals surface area contributed by atoms with Crippen molar-refractivity contribution in [2.24, 2.45) is 5.92 Å². The molecule has 1 atom stereocenters. The van der Waals surface area contributed by atoms with E-state index >= 15 is 0 Å². The highest BCUT2D eigenvalue weighted by Crippen LogP contribution is 2.21. The van der Waals surface area contributed by atoms with E-state index in [-0.39, 0.29) is 0 Å². The molecule has 1 aliphatic rings. The molecule has 1 saturated heterocycles. The van der Waals surface area contributed by atoms with Crippen LogP contribution >= 0.6 is 0 Å². The molecule has 0 amide bonds. The number of piperidine rings is 1. The van der Waals surface area contributed by atoms with E-state index in [4.69, 9.17) is 0 Å². The Labute approximate surface area is 119 Å². The number of para-hydroxylation sites is 2. The number of fused-ring (bicyclic) bond motifs is 1. The summed E-state index contributed by atoms with van der Waals surface area (Å²) in [7, 11) is 1.88. The molecule has 20 heavy (non-hydrogen) atoms. The van der Waals surface area contributed by atoms with Crippen molar-refractivity contribution in [1.29, 1.82) is 0 Å². The number of rotatable bonds is 4. The summed E-state index contributed by atoms with van der Waals surface area (Å²) in [5.41, 5.74) is 1.84. The molecule has 0 aliphatic carbocycles. The van der Waals surface area contributed by atoms with Gasteiger partial charge in [-0.3, -0.25) is 0 Å². The minimum Gasteiger partial charge on any atom is -0.370 e. The maximum atomic E-state index is 4.67. The zero-order valence-corrected chi connectivity index (χ0v) is 11.8. The van der Waals surface area contributed by atoms with Crippen molar-refractivity contribution in [2.45, 2.75) is 12.8 Å². The normalized spacial score (nSPS) is 18.9. The number of hydrogen-bond donors (Lipinski definition) is 3. The van der Waals surface area contributed by atoms with Gasteiger partial charge < -0.3 is 16.0 Å². The van der Waals surface area contributed by atoms with Crippen LogP contribution in [-0.4, -0.2) is 36.6 Å². The van der Waals surface area contributed by atoms with Crippen LogP contribution in [0.4, 0.5) is 11.6 Å². The van der Waals surface area contributed by atoms with Crippen LogP contribution in [0.15, 0.2) is 24.3 Å². The van der Waals surface area contributed by atoms with Crippen molar-refractivity contribution in [3.63, 3.8) is 0 Å². The zero-order chi connectivity index (χ0) is 13.8. The summed E-state index contributed by atoms with van der Waals surface area (Å²) in [5.74, 6) is 2.32. The Bertz CT molecular complexity index is 577. The van der Waals surface area contributed by atoms with Crippen LogP contribution in [0.2, 0.25) is 0 Å². The summed E-state index contributed by atoms with van der Waals surface area (Å²) in [6.45, 7) is 3.17. The molecule has 3 rings (SSSR count). The van der Waals surface area contributed by atoms with Gasteiger partial charge in [0.25, 0.3) is 0 Å². The molecular weight excluding hydrogens is 250 g/mol. The number of aromatic nitrogens is 2. The van der Waals surface area contributed by atoms with Gasteiger partial charge >= 0.3 is 0 Å². The Morgan fingerprint density at radius 3 is 2.60 bits per heavy atom. The van der Waals surface area contributed by atoms with E-state index < -0.39 is 0 Å². The van der Waals surface area contributed by atoms with Crippen molar-refractivity contribution in [3.8, 4) is 0 Å². The van der Waals surface area contributed by atoms with Crippen molar-refractivity contribution < 1.29 is 0 Å². The van der Waals surface area contributed by atoms with Gasteiger partial charge in [-0.15, -0.1) is 0 Å². The third-order valence-electron chi connectivity index (χ3n) is 3.76. The van der Waals surface area contributed by atoms with Gasteiger partial charge in [0.05, 0.1) is 11.0 Å². The fraction of sp³-hybridized carbons (Fsp3) is 0.467. The van der Waals surface area contributed by atoms with Crippen molar-refractivity contribution >= 4 is 22.7 Å². The van der Waals surface area contributed by atoms with Crippen LogP contribution in [0.5, 0.6) is 0 Å². The summed E-state index contributed by atoms with van der Waals surface area (Å²) >= 11 is 0. The van der Waals surface area contributed by atoms with E-state index in [1.807, 2.05) is 31.3 Å². The predicted octanol–water partition coefficient (Wildman–Crippen LogP) is 2.08. The molecule has 1 fully saturated rings. The topological polar surface area (TPSA) is 61.9 Å². The minimum absolute atomic E-state index is 0.668. The van der Waals surface area contributed by atoms with Crippen LogP contribution in [0.1, 0.15) is 12.8 Å². The lowest BCUT2D eigenvalue weighted by Crippen LogP contribution is -2.33. The molecule has 3 N–H and O–H groups in total. The van der Waals surface area contributed by atoms with Crippen LogP contribution < -0.4 is 16.0 Å². The standard InChI is InChI=1S/C15H21N5/c1-16-14-15(18-10-11-5-4-8-17-9-11)20-13-7-3-2-6-12(13)19-14/h2-3,6-7,11,17H,4-5,8-10H2,1H3,(H,16,19)(H,18,20)/t11-/m1/s1. The molecule has 0 bridgehead atoms. The summed E-state index contributed by atoms with van der Waals surface area (Å²) in [4.78, 5) is 9.28. The molecule has 106 valence electrons. The summed E-state index contributed by atoms with van der Waals surface area (Å²) in [5, 5.41) is 10.0. The van der Waals surface area contributed by atoms with E-state index in [0.29, 0.717) is 5.92 Å². The molecule has 2 aromatic rings. The Hall–Kier alpha value is -1.88. The van der Waals surface area contributed by atoms with Crippen LogP contribution in [-0.2, 0) is 0 Å². The van der Waals surface area contributed by atoms with E-state index in [0.717, 1.165) is 42.3 Å².